The van der Waals surface area contributed by atoms with Crippen LogP contribution in [0.15, 0.2) is 0 Å². The summed E-state index contributed by atoms with van der Waals surface area (Å²) >= 11 is 2.00. The lowest BCUT2D eigenvalue weighted by atomic mass is 9.78. The third-order valence-corrected chi connectivity index (χ3v) is 4.73. The van der Waals surface area contributed by atoms with E-state index in [1.807, 2.05) is 11.8 Å². The molecule has 1 aliphatic carbocycles. The van der Waals surface area contributed by atoms with Crippen LogP contribution < -0.4 is 5.32 Å². The van der Waals surface area contributed by atoms with E-state index < -0.39 is 0 Å². The minimum absolute atomic E-state index is 0.771. The summed E-state index contributed by atoms with van der Waals surface area (Å²) in [7, 11) is 0. The lowest BCUT2D eigenvalue weighted by Gasteiger charge is -2.34. The highest BCUT2D eigenvalue weighted by atomic mass is 32.2. The normalized spacial score (nSPS) is 27.9. The fourth-order valence-corrected chi connectivity index (χ4v) is 3.62. The standard InChI is InChI=1S/C14H29NS/c1-4-10-15-14(11-16-3)13-8-6-12(5-2)7-9-13/h12-15H,4-11H2,1-3H3. The summed E-state index contributed by atoms with van der Waals surface area (Å²) in [6.45, 7) is 5.80. The molecule has 1 atom stereocenters. The Balaban J connectivity index is 2.33. The van der Waals surface area contributed by atoms with Crippen LogP contribution in [-0.2, 0) is 0 Å². The van der Waals surface area contributed by atoms with Crippen LogP contribution in [0, 0.1) is 11.8 Å². The molecule has 0 aromatic heterocycles. The topological polar surface area (TPSA) is 12.0 Å². The molecule has 0 aromatic carbocycles. The van der Waals surface area contributed by atoms with Crippen LogP contribution in [0.1, 0.15) is 52.4 Å². The molecule has 0 bridgehead atoms. The number of rotatable bonds is 7. The second-order valence-corrected chi connectivity index (χ2v) is 6.12. The lowest BCUT2D eigenvalue weighted by molar-refractivity contribution is 0.228. The van der Waals surface area contributed by atoms with Gasteiger partial charge in [0.25, 0.3) is 0 Å². The van der Waals surface area contributed by atoms with E-state index in [1.165, 1.54) is 50.8 Å². The van der Waals surface area contributed by atoms with Gasteiger partial charge in [0.2, 0.25) is 0 Å². The Morgan fingerprint density at radius 3 is 2.38 bits per heavy atom. The van der Waals surface area contributed by atoms with Gasteiger partial charge in [0.15, 0.2) is 0 Å². The van der Waals surface area contributed by atoms with Crippen LogP contribution in [0.2, 0.25) is 0 Å². The van der Waals surface area contributed by atoms with Crippen molar-refractivity contribution in [2.75, 3.05) is 18.6 Å². The van der Waals surface area contributed by atoms with Gasteiger partial charge >= 0.3 is 0 Å². The van der Waals surface area contributed by atoms with Crippen molar-refractivity contribution >= 4 is 11.8 Å². The molecule has 0 saturated heterocycles. The van der Waals surface area contributed by atoms with Crippen molar-refractivity contribution in [2.45, 2.75) is 58.4 Å². The average molecular weight is 243 g/mol. The molecule has 1 rings (SSSR count). The zero-order valence-electron chi connectivity index (χ0n) is 11.3. The molecule has 16 heavy (non-hydrogen) atoms. The van der Waals surface area contributed by atoms with Gasteiger partial charge in [-0.2, -0.15) is 11.8 Å². The van der Waals surface area contributed by atoms with E-state index in [4.69, 9.17) is 0 Å². The van der Waals surface area contributed by atoms with Crippen molar-refractivity contribution in [2.24, 2.45) is 11.8 Å². The van der Waals surface area contributed by atoms with Crippen molar-refractivity contribution in [3.63, 3.8) is 0 Å². The monoisotopic (exact) mass is 243 g/mol. The molecule has 0 aliphatic heterocycles. The van der Waals surface area contributed by atoms with Gasteiger partial charge in [-0.15, -0.1) is 0 Å². The third-order valence-electron chi connectivity index (χ3n) is 4.04. The first-order valence-corrected chi connectivity index (χ1v) is 8.43. The predicted octanol–water partition coefficient (Wildman–Crippen LogP) is 3.93. The molecule has 1 N–H and O–H groups in total. The van der Waals surface area contributed by atoms with Gasteiger partial charge < -0.3 is 5.32 Å². The van der Waals surface area contributed by atoms with E-state index in [0.29, 0.717) is 0 Å². The van der Waals surface area contributed by atoms with Crippen LogP contribution in [0.25, 0.3) is 0 Å². The van der Waals surface area contributed by atoms with Crippen molar-refractivity contribution in [1.82, 2.24) is 5.32 Å². The molecule has 0 spiro atoms. The first kappa shape index (κ1) is 14.4. The van der Waals surface area contributed by atoms with E-state index in [2.05, 4.69) is 25.4 Å². The van der Waals surface area contributed by atoms with Crippen LogP contribution in [-0.4, -0.2) is 24.6 Å². The van der Waals surface area contributed by atoms with E-state index >= 15 is 0 Å². The number of thioether (sulfide) groups is 1. The summed E-state index contributed by atoms with van der Waals surface area (Å²) in [5, 5.41) is 3.75. The summed E-state index contributed by atoms with van der Waals surface area (Å²) in [4.78, 5) is 0. The third kappa shape index (κ3) is 4.67. The molecular formula is C14H29NS. The zero-order valence-corrected chi connectivity index (χ0v) is 12.1. The number of nitrogens with one attached hydrogen (secondary N) is 1. The lowest BCUT2D eigenvalue weighted by Crippen LogP contribution is -2.40. The van der Waals surface area contributed by atoms with Crippen molar-refractivity contribution in [1.29, 1.82) is 0 Å². The Kier molecular flexibility index (Phi) is 7.55. The molecule has 1 fully saturated rings. The Bertz CT molecular complexity index is 164. The number of hydrogen-bond donors (Lipinski definition) is 1. The molecular weight excluding hydrogens is 214 g/mol. The molecule has 1 unspecified atom stereocenters. The van der Waals surface area contributed by atoms with E-state index in [-0.39, 0.29) is 0 Å². The molecule has 0 amide bonds. The first-order chi connectivity index (χ1) is 7.81. The Morgan fingerprint density at radius 2 is 1.88 bits per heavy atom. The van der Waals surface area contributed by atoms with Gasteiger partial charge in [-0.25, -0.2) is 0 Å². The second-order valence-electron chi connectivity index (χ2n) is 5.21. The maximum atomic E-state index is 3.75. The Hall–Kier alpha value is 0.310. The predicted molar refractivity (Wildman–Crippen MR) is 76.2 cm³/mol. The van der Waals surface area contributed by atoms with E-state index in [1.54, 1.807) is 0 Å². The quantitative estimate of drug-likeness (QED) is 0.727. The molecule has 2 heteroatoms. The SMILES string of the molecule is CCCNC(CSC)C1CCC(CC)CC1. The highest BCUT2D eigenvalue weighted by Gasteiger charge is 2.26. The minimum atomic E-state index is 0.771. The van der Waals surface area contributed by atoms with E-state index in [9.17, 15) is 0 Å². The molecule has 1 nitrogen and oxygen atoms in total. The Morgan fingerprint density at radius 1 is 1.19 bits per heavy atom. The van der Waals surface area contributed by atoms with Gasteiger partial charge in [-0.3, -0.25) is 0 Å². The first-order valence-electron chi connectivity index (χ1n) is 7.04. The summed E-state index contributed by atoms with van der Waals surface area (Å²) in [5.74, 6) is 3.26. The summed E-state index contributed by atoms with van der Waals surface area (Å²) in [5.41, 5.74) is 0. The van der Waals surface area contributed by atoms with Crippen LogP contribution in [0.5, 0.6) is 0 Å². The smallest absolute Gasteiger partial charge is 0.0186 e. The van der Waals surface area contributed by atoms with E-state index in [0.717, 1.165) is 17.9 Å². The van der Waals surface area contributed by atoms with Crippen molar-refractivity contribution in [3.8, 4) is 0 Å². The highest BCUT2D eigenvalue weighted by Crippen LogP contribution is 2.33. The second kappa shape index (κ2) is 8.41. The molecule has 1 aliphatic rings. The maximum absolute atomic E-state index is 3.75. The molecule has 96 valence electrons. The fourth-order valence-electron chi connectivity index (χ4n) is 2.87. The highest BCUT2D eigenvalue weighted by molar-refractivity contribution is 7.98. The average Bonchev–Trinajstić information content (AvgIpc) is 2.35. The van der Waals surface area contributed by atoms with Gasteiger partial charge in [0.1, 0.15) is 0 Å². The van der Waals surface area contributed by atoms with Crippen LogP contribution in [0.3, 0.4) is 0 Å². The Labute approximate surface area is 106 Å². The molecule has 0 radical (unpaired) electrons. The van der Waals surface area contributed by atoms with Crippen LogP contribution >= 0.6 is 11.8 Å². The zero-order chi connectivity index (χ0) is 11.8. The molecule has 0 aromatic rings. The summed E-state index contributed by atoms with van der Waals surface area (Å²) in [6, 6.07) is 0.771. The van der Waals surface area contributed by atoms with Crippen LogP contribution in [0.4, 0.5) is 0 Å². The molecule has 1 saturated carbocycles. The summed E-state index contributed by atoms with van der Waals surface area (Å²) < 4.78 is 0. The van der Waals surface area contributed by atoms with Gasteiger partial charge in [0.05, 0.1) is 0 Å². The molecule has 0 heterocycles. The van der Waals surface area contributed by atoms with Gasteiger partial charge in [-0.05, 0) is 43.9 Å². The largest absolute Gasteiger partial charge is 0.313 e. The van der Waals surface area contributed by atoms with Crippen molar-refractivity contribution < 1.29 is 0 Å². The maximum Gasteiger partial charge on any atom is 0.0186 e. The van der Waals surface area contributed by atoms with Gasteiger partial charge in [-0.1, -0.05) is 33.1 Å². The van der Waals surface area contributed by atoms with Crippen molar-refractivity contribution in [3.05, 3.63) is 0 Å². The fraction of sp³-hybridized carbons (Fsp3) is 1.00. The van der Waals surface area contributed by atoms with Gasteiger partial charge in [0, 0.05) is 11.8 Å². The summed E-state index contributed by atoms with van der Waals surface area (Å²) in [6.07, 6.45) is 10.7. The minimum Gasteiger partial charge on any atom is -0.313 e. The number of hydrogen-bond acceptors (Lipinski definition) is 2.